The van der Waals surface area contributed by atoms with Gasteiger partial charge in [-0.2, -0.15) is 0 Å². The van der Waals surface area contributed by atoms with Crippen LogP contribution in [0.25, 0.3) is 0 Å². The largest absolute Gasteiger partial charge is 0.512 e. The van der Waals surface area contributed by atoms with Crippen molar-refractivity contribution in [1.82, 2.24) is 0 Å². The Morgan fingerprint density at radius 1 is 1.33 bits per heavy atom. The number of carbonyl (C=O) groups is 1. The Morgan fingerprint density at radius 3 is 2.70 bits per heavy atom. The summed E-state index contributed by atoms with van der Waals surface area (Å²) in [5, 5.41) is 10.6. The number of rotatable bonds is 4. The van der Waals surface area contributed by atoms with E-state index in [2.05, 4.69) is 34.6 Å². The third kappa shape index (κ3) is 4.09. The van der Waals surface area contributed by atoms with Gasteiger partial charge < -0.3 is 14.3 Å². The molecule has 1 N–H and O–H groups in total. The van der Waals surface area contributed by atoms with Crippen LogP contribution in [0.5, 0.6) is 0 Å². The van der Waals surface area contributed by atoms with Crippen LogP contribution in [0.15, 0.2) is 34.1 Å². The number of esters is 1. The van der Waals surface area contributed by atoms with E-state index in [0.29, 0.717) is 29.7 Å². The van der Waals surface area contributed by atoms with Crippen molar-refractivity contribution in [2.75, 3.05) is 0 Å². The van der Waals surface area contributed by atoms with Crippen LogP contribution in [0.1, 0.15) is 78.4 Å². The molecule has 2 aliphatic carbocycles. The van der Waals surface area contributed by atoms with Gasteiger partial charge in [0.05, 0.1) is 17.8 Å². The third-order valence-electron chi connectivity index (χ3n) is 6.65. The van der Waals surface area contributed by atoms with E-state index < -0.39 is 0 Å². The Bertz CT molecular complexity index is 683. The Kier molecular flexibility index (Phi) is 5.73. The fraction of sp³-hybridized carbons (Fsp3) is 0.696. The van der Waals surface area contributed by atoms with Gasteiger partial charge >= 0.3 is 5.97 Å². The molecular weight excluding hydrogens is 340 g/mol. The van der Waals surface area contributed by atoms with Crippen molar-refractivity contribution in [3.63, 3.8) is 0 Å². The quantitative estimate of drug-likeness (QED) is 0.657. The highest BCUT2D eigenvalue weighted by atomic mass is 16.5. The zero-order chi connectivity index (χ0) is 19.8. The number of hydrogen-bond donors (Lipinski definition) is 1. The fourth-order valence-corrected chi connectivity index (χ4v) is 4.95. The van der Waals surface area contributed by atoms with E-state index in [-0.39, 0.29) is 29.2 Å². The standard InChI is InChI=1S/C23H34O4/c1-14(2)16-9-8-15(3)13-19(16)27-22(25)20-17(24)10-11-23(4,5)21(20)18-7-6-12-26-18/h6-7,12,14-16,19,21,24H,8-11,13H2,1-5H3/t15-,16+,19-,21+/m1/s1. The van der Waals surface area contributed by atoms with Gasteiger partial charge in [-0.25, -0.2) is 4.79 Å². The van der Waals surface area contributed by atoms with Gasteiger partial charge in [0.1, 0.15) is 17.6 Å². The van der Waals surface area contributed by atoms with Crippen molar-refractivity contribution in [1.29, 1.82) is 0 Å². The number of aliphatic hydroxyl groups is 1. The highest BCUT2D eigenvalue weighted by molar-refractivity contribution is 5.91. The van der Waals surface area contributed by atoms with Crippen LogP contribution in [0.3, 0.4) is 0 Å². The third-order valence-corrected chi connectivity index (χ3v) is 6.65. The van der Waals surface area contributed by atoms with Gasteiger partial charge in [-0.3, -0.25) is 0 Å². The normalized spacial score (nSPS) is 31.2. The Hall–Kier alpha value is -1.71. The van der Waals surface area contributed by atoms with Crippen molar-refractivity contribution in [3.8, 4) is 0 Å². The lowest BCUT2D eigenvalue weighted by Crippen LogP contribution is -2.38. The predicted molar refractivity (Wildman–Crippen MR) is 105 cm³/mol. The molecule has 1 aromatic rings. The molecule has 0 bridgehead atoms. The van der Waals surface area contributed by atoms with Crippen LogP contribution in [0.4, 0.5) is 0 Å². The van der Waals surface area contributed by atoms with Crippen LogP contribution in [0.2, 0.25) is 0 Å². The second-order valence-electron chi connectivity index (χ2n) is 9.57. The molecule has 1 heterocycles. The summed E-state index contributed by atoms with van der Waals surface area (Å²) in [6.07, 6.45) is 6.03. The lowest BCUT2D eigenvalue weighted by Gasteiger charge is -2.40. The average Bonchev–Trinajstić information content (AvgIpc) is 3.10. The van der Waals surface area contributed by atoms with Gasteiger partial charge in [-0.05, 0) is 54.6 Å². The van der Waals surface area contributed by atoms with E-state index in [0.717, 1.165) is 25.0 Å². The molecule has 0 radical (unpaired) electrons. The van der Waals surface area contributed by atoms with E-state index in [9.17, 15) is 9.90 Å². The molecule has 0 saturated heterocycles. The smallest absolute Gasteiger partial charge is 0.338 e. The predicted octanol–water partition coefficient (Wildman–Crippen LogP) is 6.00. The second-order valence-corrected chi connectivity index (χ2v) is 9.57. The van der Waals surface area contributed by atoms with Crippen molar-refractivity contribution >= 4 is 5.97 Å². The van der Waals surface area contributed by atoms with Gasteiger partial charge in [0.15, 0.2) is 0 Å². The summed E-state index contributed by atoms with van der Waals surface area (Å²) in [6, 6.07) is 3.72. The summed E-state index contributed by atoms with van der Waals surface area (Å²) in [4.78, 5) is 13.3. The minimum absolute atomic E-state index is 0.0798. The maximum atomic E-state index is 13.3. The molecule has 0 aliphatic heterocycles. The number of allylic oxidation sites excluding steroid dienone is 1. The summed E-state index contributed by atoms with van der Waals surface area (Å²) in [6.45, 7) is 10.9. The van der Waals surface area contributed by atoms with E-state index in [4.69, 9.17) is 9.15 Å². The molecule has 4 nitrogen and oxygen atoms in total. The molecule has 0 amide bonds. The molecule has 1 fully saturated rings. The molecule has 0 aromatic carbocycles. The second kappa shape index (κ2) is 7.73. The fourth-order valence-electron chi connectivity index (χ4n) is 4.95. The first-order valence-electron chi connectivity index (χ1n) is 10.4. The molecule has 4 atom stereocenters. The van der Waals surface area contributed by atoms with Crippen molar-refractivity contribution < 1.29 is 19.1 Å². The first kappa shape index (κ1) is 20.0. The molecule has 0 unspecified atom stereocenters. The molecule has 150 valence electrons. The van der Waals surface area contributed by atoms with Gasteiger partial charge in [0.25, 0.3) is 0 Å². The molecule has 3 rings (SSSR count). The van der Waals surface area contributed by atoms with Crippen molar-refractivity contribution in [2.45, 2.75) is 78.7 Å². The Labute approximate surface area is 163 Å². The summed E-state index contributed by atoms with van der Waals surface area (Å²) in [5.41, 5.74) is 0.206. The number of carbonyl (C=O) groups excluding carboxylic acids is 1. The molecule has 1 aromatic heterocycles. The molecule has 27 heavy (non-hydrogen) atoms. The van der Waals surface area contributed by atoms with Crippen LogP contribution >= 0.6 is 0 Å². The topological polar surface area (TPSA) is 59.7 Å². The maximum Gasteiger partial charge on any atom is 0.338 e. The van der Waals surface area contributed by atoms with Gasteiger partial charge in [0, 0.05) is 6.42 Å². The van der Waals surface area contributed by atoms with Crippen LogP contribution in [-0.2, 0) is 9.53 Å². The minimum Gasteiger partial charge on any atom is -0.512 e. The average molecular weight is 375 g/mol. The monoisotopic (exact) mass is 374 g/mol. The number of ether oxygens (including phenoxy) is 1. The molecule has 2 aliphatic rings. The summed E-state index contributed by atoms with van der Waals surface area (Å²) in [7, 11) is 0. The molecule has 4 heteroatoms. The first-order chi connectivity index (χ1) is 12.7. The SMILES string of the molecule is CC(C)[C@@H]1CC[C@@H](C)C[C@H]1OC(=O)C1=C(O)CCC(C)(C)[C@H]1c1ccco1. The zero-order valence-corrected chi connectivity index (χ0v) is 17.3. The molecule has 0 spiro atoms. The van der Waals surface area contributed by atoms with E-state index >= 15 is 0 Å². The van der Waals surface area contributed by atoms with E-state index in [1.807, 2.05) is 12.1 Å². The lowest BCUT2D eigenvalue weighted by molar-refractivity contribution is -0.152. The zero-order valence-electron chi connectivity index (χ0n) is 17.3. The van der Waals surface area contributed by atoms with E-state index in [1.165, 1.54) is 6.42 Å². The Balaban J connectivity index is 1.89. The number of hydrogen-bond acceptors (Lipinski definition) is 4. The van der Waals surface area contributed by atoms with Crippen molar-refractivity contribution in [2.24, 2.45) is 23.2 Å². The Morgan fingerprint density at radius 2 is 2.07 bits per heavy atom. The minimum atomic E-state index is -0.369. The van der Waals surface area contributed by atoms with Gasteiger partial charge in [-0.1, -0.05) is 41.0 Å². The van der Waals surface area contributed by atoms with Crippen molar-refractivity contribution in [3.05, 3.63) is 35.5 Å². The van der Waals surface area contributed by atoms with Crippen LogP contribution in [-0.4, -0.2) is 17.2 Å². The van der Waals surface area contributed by atoms with E-state index in [1.54, 1.807) is 6.26 Å². The number of furan rings is 1. The van der Waals surface area contributed by atoms with Crippen LogP contribution in [0, 0.1) is 23.2 Å². The molecular formula is C23H34O4. The summed E-state index contributed by atoms with van der Waals surface area (Å²) >= 11 is 0. The van der Waals surface area contributed by atoms with Gasteiger partial charge in [-0.15, -0.1) is 0 Å². The van der Waals surface area contributed by atoms with Crippen LogP contribution < -0.4 is 0 Å². The van der Waals surface area contributed by atoms with Gasteiger partial charge in [0.2, 0.25) is 0 Å². The lowest BCUT2D eigenvalue weighted by atomic mass is 9.66. The summed E-state index contributed by atoms with van der Waals surface area (Å²) in [5.74, 6) is 1.64. The summed E-state index contributed by atoms with van der Waals surface area (Å²) < 4.78 is 11.7. The first-order valence-corrected chi connectivity index (χ1v) is 10.4. The highest BCUT2D eigenvalue weighted by Gasteiger charge is 2.45. The molecule has 1 saturated carbocycles. The number of aliphatic hydroxyl groups excluding tert-OH is 1. The highest BCUT2D eigenvalue weighted by Crippen LogP contribution is 2.50. The maximum absolute atomic E-state index is 13.3.